The van der Waals surface area contributed by atoms with Gasteiger partial charge in [-0.05, 0) is 73.4 Å². The zero-order valence-electron chi connectivity index (χ0n) is 19.9. The van der Waals surface area contributed by atoms with Crippen LogP contribution in [0.4, 0.5) is 0 Å². The Kier molecular flexibility index (Phi) is 7.66. The molecule has 2 unspecified atom stereocenters. The zero-order chi connectivity index (χ0) is 23.4. The molecular weight excluding hydrogens is 412 g/mol. The van der Waals surface area contributed by atoms with Gasteiger partial charge in [0.2, 0.25) is 5.91 Å². The van der Waals surface area contributed by atoms with Gasteiger partial charge < -0.3 is 21.3 Å². The smallest absolute Gasteiger partial charge is 0.251 e. The zero-order valence-corrected chi connectivity index (χ0v) is 19.9. The first-order valence-electron chi connectivity index (χ1n) is 12.5. The Hall–Kier alpha value is -2.44. The van der Waals surface area contributed by atoms with Crippen LogP contribution in [0.3, 0.4) is 0 Å². The van der Waals surface area contributed by atoms with Crippen LogP contribution in [-0.4, -0.2) is 54.5 Å². The summed E-state index contributed by atoms with van der Waals surface area (Å²) >= 11 is 0. The van der Waals surface area contributed by atoms with Crippen molar-refractivity contribution in [2.24, 2.45) is 17.6 Å². The Morgan fingerprint density at radius 1 is 1.09 bits per heavy atom. The highest BCUT2D eigenvalue weighted by atomic mass is 16.2. The SMILES string of the molecule is CC1CC(C)CC(N2CC[C@H](CNC(=O)c3ccc4ccccc4c3)N[C@H](CCN)C2=O)C1. The third kappa shape index (κ3) is 5.74. The third-order valence-electron chi connectivity index (χ3n) is 7.31. The molecule has 178 valence electrons. The van der Waals surface area contributed by atoms with Gasteiger partial charge >= 0.3 is 0 Å². The minimum Gasteiger partial charge on any atom is -0.350 e. The molecule has 2 fully saturated rings. The molecule has 0 aromatic heterocycles. The highest BCUT2D eigenvalue weighted by Gasteiger charge is 2.36. The molecule has 4 atom stereocenters. The van der Waals surface area contributed by atoms with Crippen molar-refractivity contribution >= 4 is 22.6 Å². The van der Waals surface area contributed by atoms with Crippen LogP contribution in [0.5, 0.6) is 0 Å². The van der Waals surface area contributed by atoms with Gasteiger partial charge in [-0.3, -0.25) is 9.59 Å². The van der Waals surface area contributed by atoms with E-state index in [2.05, 4.69) is 29.4 Å². The fourth-order valence-corrected chi connectivity index (χ4v) is 5.75. The summed E-state index contributed by atoms with van der Waals surface area (Å²) in [7, 11) is 0. The Labute approximate surface area is 197 Å². The van der Waals surface area contributed by atoms with E-state index < -0.39 is 0 Å². The normalized spacial score (nSPS) is 28.5. The van der Waals surface area contributed by atoms with Crippen molar-refractivity contribution in [3.8, 4) is 0 Å². The van der Waals surface area contributed by atoms with Gasteiger partial charge in [-0.1, -0.05) is 44.2 Å². The predicted octanol–water partition coefficient (Wildman–Crippen LogP) is 3.30. The molecule has 2 amide bonds. The molecule has 6 heteroatoms. The lowest BCUT2D eigenvalue weighted by molar-refractivity contribution is -0.136. The van der Waals surface area contributed by atoms with Crippen molar-refractivity contribution in [3.05, 3.63) is 48.0 Å². The van der Waals surface area contributed by atoms with Gasteiger partial charge in [0, 0.05) is 30.7 Å². The van der Waals surface area contributed by atoms with Gasteiger partial charge in [-0.25, -0.2) is 0 Å². The summed E-state index contributed by atoms with van der Waals surface area (Å²) in [4.78, 5) is 28.4. The van der Waals surface area contributed by atoms with Crippen LogP contribution in [0.1, 0.15) is 56.3 Å². The summed E-state index contributed by atoms with van der Waals surface area (Å²) in [5.41, 5.74) is 6.51. The van der Waals surface area contributed by atoms with Gasteiger partial charge in [0.1, 0.15) is 0 Å². The average molecular weight is 451 g/mol. The number of hydrogen-bond donors (Lipinski definition) is 3. The van der Waals surface area contributed by atoms with Gasteiger partial charge in [0.25, 0.3) is 5.91 Å². The lowest BCUT2D eigenvalue weighted by Gasteiger charge is -2.39. The van der Waals surface area contributed by atoms with E-state index in [1.54, 1.807) is 0 Å². The fourth-order valence-electron chi connectivity index (χ4n) is 5.75. The minimum absolute atomic E-state index is 0.0401. The Morgan fingerprint density at radius 2 is 1.82 bits per heavy atom. The number of nitrogens with one attached hydrogen (secondary N) is 2. The first kappa shape index (κ1) is 23.7. The second kappa shape index (κ2) is 10.7. The van der Waals surface area contributed by atoms with E-state index >= 15 is 0 Å². The van der Waals surface area contributed by atoms with Crippen molar-refractivity contribution in [1.29, 1.82) is 0 Å². The molecule has 4 N–H and O–H groups in total. The lowest BCUT2D eigenvalue weighted by Crippen LogP contribution is -2.52. The number of fused-ring (bicyclic) bond motifs is 1. The molecule has 6 nitrogen and oxygen atoms in total. The molecule has 2 aromatic rings. The molecule has 0 radical (unpaired) electrons. The molecule has 1 heterocycles. The Morgan fingerprint density at radius 3 is 2.55 bits per heavy atom. The number of carbonyl (C=O) groups is 2. The van der Waals surface area contributed by atoms with E-state index in [-0.39, 0.29) is 23.9 Å². The maximum atomic E-state index is 13.4. The first-order valence-corrected chi connectivity index (χ1v) is 12.5. The predicted molar refractivity (Wildman–Crippen MR) is 133 cm³/mol. The fraction of sp³-hybridized carbons (Fsp3) is 0.556. The molecule has 1 saturated heterocycles. The molecule has 1 aliphatic carbocycles. The number of nitrogens with two attached hydrogens (primary N) is 1. The molecule has 0 bridgehead atoms. The van der Waals surface area contributed by atoms with Crippen LogP contribution in [0, 0.1) is 11.8 Å². The van der Waals surface area contributed by atoms with Crippen LogP contribution in [0.15, 0.2) is 42.5 Å². The summed E-state index contributed by atoms with van der Waals surface area (Å²) in [5, 5.41) is 8.77. The van der Waals surface area contributed by atoms with E-state index in [0.717, 1.165) is 36.6 Å². The lowest BCUT2D eigenvalue weighted by atomic mass is 9.79. The average Bonchev–Trinajstić information content (AvgIpc) is 2.95. The molecule has 1 saturated carbocycles. The Bertz CT molecular complexity index is 968. The summed E-state index contributed by atoms with van der Waals surface area (Å²) in [6.45, 7) is 6.28. The molecule has 33 heavy (non-hydrogen) atoms. The van der Waals surface area contributed by atoms with Gasteiger partial charge in [0.15, 0.2) is 0 Å². The number of benzene rings is 2. The number of nitrogens with zero attached hydrogens (tertiary/aromatic N) is 1. The number of hydrogen-bond acceptors (Lipinski definition) is 4. The van der Waals surface area contributed by atoms with Crippen molar-refractivity contribution < 1.29 is 9.59 Å². The van der Waals surface area contributed by atoms with Crippen LogP contribution in [-0.2, 0) is 4.79 Å². The van der Waals surface area contributed by atoms with Gasteiger partial charge in [-0.2, -0.15) is 0 Å². The Balaban J connectivity index is 1.41. The molecular formula is C27H38N4O2. The summed E-state index contributed by atoms with van der Waals surface area (Å²) in [5.74, 6) is 1.39. The highest BCUT2D eigenvalue weighted by molar-refractivity contribution is 5.98. The van der Waals surface area contributed by atoms with Crippen LogP contribution in [0.2, 0.25) is 0 Å². The first-order chi connectivity index (χ1) is 15.9. The van der Waals surface area contributed by atoms with E-state index in [1.165, 1.54) is 6.42 Å². The van der Waals surface area contributed by atoms with Crippen LogP contribution >= 0.6 is 0 Å². The topological polar surface area (TPSA) is 87.5 Å². The van der Waals surface area contributed by atoms with E-state index in [1.807, 2.05) is 42.5 Å². The quantitative estimate of drug-likeness (QED) is 0.630. The molecule has 2 aliphatic rings. The molecule has 0 spiro atoms. The van der Waals surface area contributed by atoms with Crippen LogP contribution in [0.25, 0.3) is 10.8 Å². The second-order valence-electron chi connectivity index (χ2n) is 10.2. The molecule has 2 aromatic carbocycles. The maximum absolute atomic E-state index is 13.4. The summed E-state index contributed by atoms with van der Waals surface area (Å²) < 4.78 is 0. The van der Waals surface area contributed by atoms with E-state index in [0.29, 0.717) is 43.0 Å². The van der Waals surface area contributed by atoms with Crippen molar-refractivity contribution in [2.45, 2.75) is 64.1 Å². The van der Waals surface area contributed by atoms with Gasteiger partial charge in [0.05, 0.1) is 6.04 Å². The third-order valence-corrected chi connectivity index (χ3v) is 7.31. The summed E-state index contributed by atoms with van der Waals surface area (Å²) in [6, 6.07) is 13.9. The van der Waals surface area contributed by atoms with Crippen molar-refractivity contribution in [2.75, 3.05) is 19.6 Å². The standard InChI is InChI=1S/C27H38N4O2/c1-18-13-19(2)15-24(14-18)31-12-10-23(30-25(9-11-28)27(31)33)17-29-26(32)22-8-7-20-5-3-4-6-21(20)16-22/h3-8,16,18-19,23-25,30H,9-15,17,28H2,1-2H3,(H,29,32)/t18?,19?,23-,24?,25-/m1/s1. The minimum atomic E-state index is -0.285. The van der Waals surface area contributed by atoms with Crippen molar-refractivity contribution in [1.82, 2.24) is 15.5 Å². The molecule has 4 rings (SSSR count). The van der Waals surface area contributed by atoms with E-state index in [9.17, 15) is 9.59 Å². The number of rotatable bonds is 6. The molecule has 1 aliphatic heterocycles. The van der Waals surface area contributed by atoms with Crippen LogP contribution < -0.4 is 16.4 Å². The number of carbonyl (C=O) groups excluding carboxylic acids is 2. The largest absolute Gasteiger partial charge is 0.350 e. The van der Waals surface area contributed by atoms with Crippen molar-refractivity contribution in [3.63, 3.8) is 0 Å². The van der Waals surface area contributed by atoms with E-state index in [4.69, 9.17) is 5.73 Å². The number of amides is 2. The second-order valence-corrected chi connectivity index (χ2v) is 10.2. The summed E-state index contributed by atoms with van der Waals surface area (Å²) in [6.07, 6.45) is 4.84. The van der Waals surface area contributed by atoms with Gasteiger partial charge in [-0.15, -0.1) is 0 Å². The maximum Gasteiger partial charge on any atom is 0.251 e. The highest BCUT2D eigenvalue weighted by Crippen LogP contribution is 2.32. The monoisotopic (exact) mass is 450 g/mol.